The van der Waals surface area contributed by atoms with Crippen LogP contribution in [0.3, 0.4) is 0 Å². The summed E-state index contributed by atoms with van der Waals surface area (Å²) >= 11 is 19.2. The largest absolute Gasteiger partial charge is 2.00 e. The second kappa shape index (κ2) is 18.4. The zero-order valence-electron chi connectivity index (χ0n) is 15.9. The Morgan fingerprint density at radius 3 is 0.483 bits per heavy atom. The first-order valence-electron chi connectivity index (χ1n) is 8.46. The SMILES string of the molecule is [S-]c1ccccc1.[S-]c1ccccc1.[S-]c1ccccc1.[S-]c1ccccc1.[Zn+2]. The van der Waals surface area contributed by atoms with Gasteiger partial charge in [0.05, 0.1) is 0 Å². The van der Waals surface area contributed by atoms with Crippen LogP contribution in [0.1, 0.15) is 0 Å². The van der Waals surface area contributed by atoms with Crippen molar-refractivity contribution in [2.75, 3.05) is 0 Å². The van der Waals surface area contributed by atoms with Gasteiger partial charge >= 0.3 is 19.5 Å². The first-order valence-corrected chi connectivity index (χ1v) is 10.1. The van der Waals surface area contributed by atoms with Gasteiger partial charge in [0.2, 0.25) is 0 Å². The Bertz CT molecular complexity index is 693. The van der Waals surface area contributed by atoms with E-state index in [1.165, 1.54) is 0 Å². The van der Waals surface area contributed by atoms with E-state index in [0.717, 1.165) is 19.6 Å². The molecule has 0 aromatic heterocycles. The van der Waals surface area contributed by atoms with Gasteiger partial charge in [-0.2, -0.15) is 19.6 Å². The Morgan fingerprint density at radius 2 is 0.414 bits per heavy atom. The fourth-order valence-electron chi connectivity index (χ4n) is 1.68. The maximum Gasteiger partial charge on any atom is 2.00 e. The molecular formula is C24H20S4Zn-2. The minimum atomic E-state index is 0. The number of benzene rings is 4. The summed E-state index contributed by atoms with van der Waals surface area (Å²) in [6, 6.07) is 38.5. The molecule has 0 amide bonds. The Kier molecular flexibility index (Phi) is 17.4. The molecule has 4 aromatic carbocycles. The summed E-state index contributed by atoms with van der Waals surface area (Å²) in [7, 11) is 0. The van der Waals surface area contributed by atoms with Gasteiger partial charge in [0.15, 0.2) is 0 Å². The van der Waals surface area contributed by atoms with E-state index in [9.17, 15) is 0 Å². The molecule has 0 fully saturated rings. The number of hydrogen-bond acceptors (Lipinski definition) is 4. The fourth-order valence-corrected chi connectivity index (χ4v) is 2.31. The van der Waals surface area contributed by atoms with Gasteiger partial charge in [0, 0.05) is 0 Å². The van der Waals surface area contributed by atoms with Crippen molar-refractivity contribution < 1.29 is 19.5 Å². The van der Waals surface area contributed by atoms with E-state index in [0.29, 0.717) is 0 Å². The van der Waals surface area contributed by atoms with Gasteiger partial charge in [-0.3, -0.25) is 0 Å². The zero-order chi connectivity index (χ0) is 20.5. The summed E-state index contributed by atoms with van der Waals surface area (Å²) in [6.07, 6.45) is 0. The van der Waals surface area contributed by atoms with E-state index in [1.807, 2.05) is 121 Å². The average molecular weight is 502 g/mol. The molecule has 0 unspecified atom stereocenters. The quantitative estimate of drug-likeness (QED) is 0.203. The van der Waals surface area contributed by atoms with E-state index in [1.54, 1.807) is 0 Å². The normalized spacial score (nSPS) is 8.28. The van der Waals surface area contributed by atoms with Crippen LogP contribution in [0, 0.1) is 0 Å². The predicted octanol–water partition coefficient (Wildman–Crippen LogP) is 6.37. The minimum Gasteiger partial charge on any atom is -0.780 e. The summed E-state index contributed by atoms with van der Waals surface area (Å²) in [5.41, 5.74) is 0. The van der Waals surface area contributed by atoms with Crippen molar-refractivity contribution in [3.63, 3.8) is 0 Å². The molecular weight excluding hydrogens is 482 g/mol. The van der Waals surface area contributed by atoms with Crippen molar-refractivity contribution in [2.45, 2.75) is 19.6 Å². The standard InChI is InChI=1S/4C6H6S.Zn/c4*7-6-4-2-1-3-5-6;/h4*1-5,7H;/q;;;;+2/p-4. The maximum absolute atomic E-state index is 4.81. The van der Waals surface area contributed by atoms with Crippen molar-refractivity contribution in [1.29, 1.82) is 0 Å². The van der Waals surface area contributed by atoms with Crippen molar-refractivity contribution in [1.82, 2.24) is 0 Å². The third-order valence-electron chi connectivity index (χ3n) is 2.97. The van der Waals surface area contributed by atoms with Gasteiger partial charge in [-0.1, -0.05) is 121 Å². The van der Waals surface area contributed by atoms with Crippen LogP contribution in [0.5, 0.6) is 0 Å². The molecule has 0 aliphatic heterocycles. The Morgan fingerprint density at radius 1 is 0.276 bits per heavy atom. The summed E-state index contributed by atoms with van der Waals surface area (Å²) in [6.45, 7) is 0. The molecule has 29 heavy (non-hydrogen) atoms. The van der Waals surface area contributed by atoms with Crippen LogP contribution in [0.15, 0.2) is 141 Å². The molecule has 0 spiro atoms. The molecule has 0 saturated heterocycles. The summed E-state index contributed by atoms with van der Waals surface area (Å²) in [5, 5.41) is 0. The monoisotopic (exact) mass is 500 g/mol. The van der Waals surface area contributed by atoms with Gasteiger partial charge in [-0.15, -0.1) is 0 Å². The molecule has 0 nitrogen and oxygen atoms in total. The first-order chi connectivity index (χ1) is 13.6. The van der Waals surface area contributed by atoms with Gasteiger partial charge in [-0.05, 0) is 0 Å². The van der Waals surface area contributed by atoms with Gasteiger partial charge < -0.3 is 50.5 Å². The molecule has 0 bridgehead atoms. The maximum atomic E-state index is 4.81. The molecule has 4 aromatic rings. The molecule has 0 aliphatic rings. The third-order valence-corrected chi connectivity index (χ3v) is 4.06. The Balaban J connectivity index is 0.000000356. The molecule has 0 aliphatic carbocycles. The van der Waals surface area contributed by atoms with E-state index in [-0.39, 0.29) is 19.5 Å². The fraction of sp³-hybridized carbons (Fsp3) is 0. The minimum absolute atomic E-state index is 0. The Labute approximate surface area is 209 Å². The summed E-state index contributed by atoms with van der Waals surface area (Å²) < 4.78 is 0. The van der Waals surface area contributed by atoms with Crippen LogP contribution in [-0.4, -0.2) is 0 Å². The van der Waals surface area contributed by atoms with E-state index in [2.05, 4.69) is 0 Å². The van der Waals surface area contributed by atoms with Crippen molar-refractivity contribution in [3.05, 3.63) is 121 Å². The summed E-state index contributed by atoms with van der Waals surface area (Å²) in [4.78, 5) is 3.62. The van der Waals surface area contributed by atoms with Gasteiger partial charge in [-0.25, -0.2) is 0 Å². The van der Waals surface area contributed by atoms with Crippen LogP contribution in [0.2, 0.25) is 0 Å². The van der Waals surface area contributed by atoms with Crippen LogP contribution >= 0.6 is 0 Å². The second-order valence-electron chi connectivity index (χ2n) is 5.25. The topological polar surface area (TPSA) is 0 Å². The van der Waals surface area contributed by atoms with Crippen LogP contribution < -0.4 is 0 Å². The van der Waals surface area contributed by atoms with Gasteiger partial charge in [0.25, 0.3) is 0 Å². The second-order valence-corrected chi connectivity index (χ2v) is 7.14. The van der Waals surface area contributed by atoms with Crippen LogP contribution in [0.4, 0.5) is 0 Å². The first kappa shape index (κ1) is 27.4. The Hall–Kier alpha value is -1.62. The van der Waals surface area contributed by atoms with E-state index < -0.39 is 0 Å². The number of hydrogen-bond donors (Lipinski definition) is 0. The molecule has 0 N–H and O–H groups in total. The third kappa shape index (κ3) is 17.0. The average Bonchev–Trinajstić information content (AvgIpc) is 2.72. The van der Waals surface area contributed by atoms with Crippen molar-refractivity contribution in [2.24, 2.45) is 0 Å². The molecule has 0 radical (unpaired) electrons. The molecule has 144 valence electrons. The van der Waals surface area contributed by atoms with Crippen LogP contribution in [0.25, 0.3) is 0 Å². The molecule has 5 heteroatoms. The molecule has 0 saturated carbocycles. The smallest absolute Gasteiger partial charge is 0.780 e. The molecule has 0 atom stereocenters. The van der Waals surface area contributed by atoms with E-state index in [4.69, 9.17) is 50.5 Å². The van der Waals surface area contributed by atoms with E-state index >= 15 is 0 Å². The zero-order valence-corrected chi connectivity index (χ0v) is 22.1. The molecule has 0 heterocycles. The van der Waals surface area contributed by atoms with Crippen molar-refractivity contribution >= 4 is 50.5 Å². The van der Waals surface area contributed by atoms with Crippen LogP contribution in [-0.2, 0) is 70.0 Å². The molecule has 4 rings (SSSR count). The number of rotatable bonds is 0. The van der Waals surface area contributed by atoms with Gasteiger partial charge in [0.1, 0.15) is 0 Å². The van der Waals surface area contributed by atoms with Crippen molar-refractivity contribution in [3.8, 4) is 0 Å². The predicted molar refractivity (Wildman–Crippen MR) is 128 cm³/mol. The summed E-state index contributed by atoms with van der Waals surface area (Å²) in [5.74, 6) is 0.